The summed E-state index contributed by atoms with van der Waals surface area (Å²) in [5.41, 5.74) is 1.21. The van der Waals surface area contributed by atoms with Crippen molar-refractivity contribution >= 4 is 15.9 Å². The van der Waals surface area contributed by atoms with Crippen molar-refractivity contribution < 1.29 is 0 Å². The smallest absolute Gasteiger partial charge is 0.0360 e. The fourth-order valence-electron chi connectivity index (χ4n) is 1.28. The topological polar surface area (TPSA) is 39.8 Å². The van der Waals surface area contributed by atoms with E-state index in [4.69, 9.17) is 0 Å². The second kappa shape index (κ2) is 6.30. The highest BCUT2D eigenvalue weighted by Crippen LogP contribution is 2.10. The Bertz CT molecular complexity index is 283. The average Bonchev–Trinajstić information content (AvgIpc) is 2.58. The molecule has 0 saturated carbocycles. The molecule has 4 heteroatoms. The zero-order valence-electron chi connectivity index (χ0n) is 9.60. The minimum absolute atomic E-state index is 0.481. The average molecular weight is 274 g/mol. The monoisotopic (exact) mass is 273 g/mol. The first kappa shape index (κ1) is 12.7. The van der Waals surface area contributed by atoms with Gasteiger partial charge in [-0.25, -0.2) is 0 Å². The number of hydrogen-bond donors (Lipinski definition) is 3. The Kier molecular flexibility index (Phi) is 5.36. The second-order valence-corrected chi connectivity index (χ2v) is 5.10. The molecule has 1 aromatic rings. The summed E-state index contributed by atoms with van der Waals surface area (Å²) in [6.07, 6.45) is 1.95. The van der Waals surface area contributed by atoms with E-state index in [9.17, 15) is 0 Å². The summed E-state index contributed by atoms with van der Waals surface area (Å²) in [5, 5.41) is 6.86. The van der Waals surface area contributed by atoms with Crippen LogP contribution in [0.25, 0.3) is 0 Å². The molecule has 0 radical (unpaired) electrons. The van der Waals surface area contributed by atoms with Gasteiger partial charge in [0, 0.05) is 41.5 Å². The van der Waals surface area contributed by atoms with Gasteiger partial charge in [0.05, 0.1) is 0 Å². The van der Waals surface area contributed by atoms with Gasteiger partial charge in [-0.2, -0.15) is 0 Å². The SMILES string of the molecule is CC(C)NCC(C)NCc1cc(Br)c[nH]1. The first-order valence-corrected chi connectivity index (χ1v) is 6.16. The maximum Gasteiger partial charge on any atom is 0.0360 e. The van der Waals surface area contributed by atoms with E-state index in [1.165, 1.54) is 5.69 Å². The number of aromatic nitrogens is 1. The van der Waals surface area contributed by atoms with Gasteiger partial charge in [-0.05, 0) is 28.9 Å². The van der Waals surface area contributed by atoms with E-state index in [1.807, 2.05) is 6.20 Å². The maximum absolute atomic E-state index is 3.45. The molecule has 1 unspecified atom stereocenters. The summed E-state index contributed by atoms with van der Waals surface area (Å²) in [7, 11) is 0. The largest absolute Gasteiger partial charge is 0.363 e. The van der Waals surface area contributed by atoms with Crippen LogP contribution in [0.15, 0.2) is 16.7 Å². The Hall–Kier alpha value is -0.320. The van der Waals surface area contributed by atoms with Crippen LogP contribution >= 0.6 is 15.9 Å². The molecule has 0 saturated heterocycles. The highest BCUT2D eigenvalue weighted by molar-refractivity contribution is 9.10. The molecule has 0 aliphatic rings. The standard InChI is InChI=1S/C11H20BrN3/c1-8(2)13-5-9(3)14-7-11-4-10(12)6-15-11/h4,6,8-9,13-15H,5,7H2,1-3H3. The Morgan fingerprint density at radius 2 is 2.07 bits per heavy atom. The van der Waals surface area contributed by atoms with Crippen molar-refractivity contribution in [2.24, 2.45) is 0 Å². The Labute approximate surface area is 100 Å². The van der Waals surface area contributed by atoms with Gasteiger partial charge in [-0.3, -0.25) is 0 Å². The lowest BCUT2D eigenvalue weighted by atomic mass is 10.3. The molecule has 1 atom stereocenters. The fourth-order valence-corrected chi connectivity index (χ4v) is 1.67. The zero-order chi connectivity index (χ0) is 11.3. The lowest BCUT2D eigenvalue weighted by molar-refractivity contribution is 0.472. The number of hydrogen-bond acceptors (Lipinski definition) is 2. The Morgan fingerprint density at radius 1 is 1.33 bits per heavy atom. The number of nitrogens with one attached hydrogen (secondary N) is 3. The van der Waals surface area contributed by atoms with Crippen molar-refractivity contribution in [1.29, 1.82) is 0 Å². The van der Waals surface area contributed by atoms with Crippen LogP contribution in [0.2, 0.25) is 0 Å². The van der Waals surface area contributed by atoms with Crippen molar-refractivity contribution in [3.63, 3.8) is 0 Å². The zero-order valence-corrected chi connectivity index (χ0v) is 11.2. The third-order valence-electron chi connectivity index (χ3n) is 2.18. The molecule has 0 spiro atoms. The Balaban J connectivity index is 2.19. The molecule has 0 aliphatic carbocycles. The van der Waals surface area contributed by atoms with Gasteiger partial charge in [0.15, 0.2) is 0 Å². The predicted molar refractivity (Wildman–Crippen MR) is 67.9 cm³/mol. The van der Waals surface area contributed by atoms with Crippen LogP contribution in [-0.4, -0.2) is 23.6 Å². The van der Waals surface area contributed by atoms with E-state index in [2.05, 4.69) is 58.4 Å². The molecule has 0 aliphatic heterocycles. The van der Waals surface area contributed by atoms with Crippen LogP contribution in [0.3, 0.4) is 0 Å². The molecule has 15 heavy (non-hydrogen) atoms. The fraction of sp³-hybridized carbons (Fsp3) is 0.636. The minimum Gasteiger partial charge on any atom is -0.363 e. The quantitative estimate of drug-likeness (QED) is 0.744. The first-order valence-electron chi connectivity index (χ1n) is 5.37. The Morgan fingerprint density at radius 3 is 2.60 bits per heavy atom. The van der Waals surface area contributed by atoms with Crippen molar-refractivity contribution in [1.82, 2.24) is 15.6 Å². The van der Waals surface area contributed by atoms with E-state index in [1.54, 1.807) is 0 Å². The van der Waals surface area contributed by atoms with Crippen LogP contribution in [0.5, 0.6) is 0 Å². The van der Waals surface area contributed by atoms with Crippen molar-refractivity contribution in [2.75, 3.05) is 6.54 Å². The summed E-state index contributed by atoms with van der Waals surface area (Å²) in [6.45, 7) is 8.39. The lowest BCUT2D eigenvalue weighted by Crippen LogP contribution is -2.38. The maximum atomic E-state index is 3.45. The molecular formula is C11H20BrN3. The van der Waals surface area contributed by atoms with Gasteiger partial charge >= 0.3 is 0 Å². The normalized spacial score (nSPS) is 13.4. The van der Waals surface area contributed by atoms with Crippen LogP contribution in [0.4, 0.5) is 0 Å². The summed E-state index contributed by atoms with van der Waals surface area (Å²) in [6, 6.07) is 3.12. The van der Waals surface area contributed by atoms with Gasteiger partial charge in [-0.15, -0.1) is 0 Å². The third-order valence-corrected chi connectivity index (χ3v) is 2.64. The molecule has 1 rings (SSSR count). The third kappa shape index (κ3) is 5.35. The van der Waals surface area contributed by atoms with Crippen LogP contribution < -0.4 is 10.6 Å². The molecular weight excluding hydrogens is 254 g/mol. The molecule has 0 fully saturated rings. The van der Waals surface area contributed by atoms with E-state index >= 15 is 0 Å². The summed E-state index contributed by atoms with van der Waals surface area (Å²) in [4.78, 5) is 3.20. The van der Waals surface area contributed by atoms with Gasteiger partial charge in [0.2, 0.25) is 0 Å². The molecule has 3 N–H and O–H groups in total. The van der Waals surface area contributed by atoms with Crippen molar-refractivity contribution in [3.8, 4) is 0 Å². The molecule has 3 nitrogen and oxygen atoms in total. The molecule has 0 amide bonds. The summed E-state index contributed by atoms with van der Waals surface area (Å²) in [5.74, 6) is 0. The van der Waals surface area contributed by atoms with Gasteiger partial charge in [0.1, 0.15) is 0 Å². The van der Waals surface area contributed by atoms with Crippen LogP contribution in [0, 0.1) is 0 Å². The first-order chi connectivity index (χ1) is 7.08. The van der Waals surface area contributed by atoms with E-state index in [0.29, 0.717) is 12.1 Å². The van der Waals surface area contributed by atoms with Gasteiger partial charge in [0.25, 0.3) is 0 Å². The van der Waals surface area contributed by atoms with E-state index in [0.717, 1.165) is 17.6 Å². The minimum atomic E-state index is 0.481. The number of H-pyrrole nitrogens is 1. The molecule has 1 aromatic heterocycles. The molecule has 86 valence electrons. The van der Waals surface area contributed by atoms with Crippen molar-refractivity contribution in [2.45, 2.75) is 39.4 Å². The van der Waals surface area contributed by atoms with Crippen LogP contribution in [-0.2, 0) is 6.54 Å². The summed E-state index contributed by atoms with van der Waals surface area (Å²) >= 11 is 3.42. The highest BCUT2D eigenvalue weighted by atomic mass is 79.9. The van der Waals surface area contributed by atoms with Gasteiger partial charge < -0.3 is 15.6 Å². The second-order valence-electron chi connectivity index (χ2n) is 4.19. The van der Waals surface area contributed by atoms with Crippen LogP contribution in [0.1, 0.15) is 26.5 Å². The van der Waals surface area contributed by atoms with E-state index < -0.39 is 0 Å². The number of aromatic amines is 1. The molecule has 0 bridgehead atoms. The molecule has 1 heterocycles. The number of rotatable bonds is 6. The van der Waals surface area contributed by atoms with Crippen molar-refractivity contribution in [3.05, 3.63) is 22.4 Å². The van der Waals surface area contributed by atoms with E-state index in [-0.39, 0.29) is 0 Å². The predicted octanol–water partition coefficient (Wildman–Crippen LogP) is 2.25. The number of halogens is 1. The summed E-state index contributed by atoms with van der Waals surface area (Å²) < 4.78 is 1.10. The molecule has 0 aromatic carbocycles. The van der Waals surface area contributed by atoms with Gasteiger partial charge in [-0.1, -0.05) is 13.8 Å². The lowest BCUT2D eigenvalue weighted by Gasteiger charge is -2.16. The highest BCUT2D eigenvalue weighted by Gasteiger charge is 2.03.